The van der Waals surface area contributed by atoms with Gasteiger partial charge < -0.3 is 4.74 Å². The average Bonchev–Trinajstić information content (AvgIpc) is 3.29. The predicted molar refractivity (Wildman–Crippen MR) is 236 cm³/mol. The predicted octanol–water partition coefficient (Wildman–Crippen LogP) is 13.1. The molecule has 3 heterocycles. The van der Waals surface area contributed by atoms with Gasteiger partial charge >= 0.3 is 0 Å². The second kappa shape index (κ2) is 17.3. The van der Waals surface area contributed by atoms with Gasteiger partial charge in [0.25, 0.3) is 0 Å². The van der Waals surface area contributed by atoms with Gasteiger partial charge in [-0.05, 0) is 113 Å². The molecule has 0 aliphatic carbocycles. The van der Waals surface area contributed by atoms with Crippen LogP contribution in [0.15, 0.2) is 206 Å². The summed E-state index contributed by atoms with van der Waals surface area (Å²) < 4.78 is 6.95. The Hall–Kier alpha value is -7.50. The first-order valence-corrected chi connectivity index (χ1v) is 18.9. The number of hydrogen-bond donors (Lipinski definition) is 0. The number of rotatable bonds is 12. The van der Waals surface area contributed by atoms with Gasteiger partial charge in [0.05, 0.1) is 11.4 Å². The minimum Gasteiger partial charge on any atom is -0.488 e. The molecule has 8 rings (SSSR count). The van der Waals surface area contributed by atoms with Crippen molar-refractivity contribution in [1.82, 2.24) is 15.0 Å². The molecule has 0 aliphatic heterocycles. The zero-order valence-corrected chi connectivity index (χ0v) is 31.7. The van der Waals surface area contributed by atoms with Crippen LogP contribution < -0.4 is 4.74 Å². The highest BCUT2D eigenvalue weighted by Gasteiger charge is 2.20. The molecule has 0 saturated carbocycles. The fourth-order valence-electron chi connectivity index (χ4n) is 6.99. The molecule has 5 aromatic carbocycles. The second-order valence-corrected chi connectivity index (χ2v) is 13.6. The maximum Gasteiger partial charge on any atom is 0.137 e. The summed E-state index contributed by atoms with van der Waals surface area (Å²) in [5.41, 5.74) is 14.9. The quantitative estimate of drug-likeness (QED) is 0.0925. The summed E-state index contributed by atoms with van der Waals surface area (Å²) in [4.78, 5) is 18.2. The average molecular weight is 737 g/mol. The fourth-order valence-corrected chi connectivity index (χ4v) is 6.99. The molecule has 0 radical (unpaired) electrons. The number of ether oxygens (including phenoxy) is 1. The van der Waals surface area contributed by atoms with Gasteiger partial charge in [-0.1, -0.05) is 115 Å². The fraction of sp³-hybridized carbons (Fsp3) is 0.0385. The molecule has 0 amide bonds. The Kier molecular flexibility index (Phi) is 11.1. The van der Waals surface area contributed by atoms with Gasteiger partial charge in [0.1, 0.15) is 12.4 Å². The van der Waals surface area contributed by atoms with E-state index in [9.17, 15) is 0 Å². The number of hydrogen-bond acceptors (Lipinski definition) is 5. The second-order valence-electron chi connectivity index (χ2n) is 13.6. The summed E-state index contributed by atoms with van der Waals surface area (Å²) in [5.74, 6) is 0.751. The lowest BCUT2D eigenvalue weighted by atomic mass is 9.91. The van der Waals surface area contributed by atoms with Crippen LogP contribution in [0.3, 0.4) is 0 Å². The molecule has 0 saturated heterocycles. The first-order chi connectivity index (χ1) is 28.2. The number of pyridine rings is 3. The summed E-state index contributed by atoms with van der Waals surface area (Å²) in [7, 11) is 0. The smallest absolute Gasteiger partial charge is 0.137 e. The SMILES string of the molecule is C=N/C=C(\C=C/C)c1cccc(-c2cc(-c3cccc(-c4cccnc4)c3)c(OCc3ccccc3)c(-c3cccc(-c4cccc(-c5cccnc5)c4)n3)c2)c1. The molecule has 0 atom stereocenters. The molecule has 0 aliphatic rings. The van der Waals surface area contributed by atoms with Gasteiger partial charge in [-0.2, -0.15) is 0 Å². The van der Waals surface area contributed by atoms with E-state index < -0.39 is 0 Å². The van der Waals surface area contributed by atoms with Crippen molar-refractivity contribution in [3.8, 4) is 72.8 Å². The van der Waals surface area contributed by atoms with E-state index in [1.54, 1.807) is 18.6 Å². The van der Waals surface area contributed by atoms with Gasteiger partial charge in [-0.15, -0.1) is 0 Å². The van der Waals surface area contributed by atoms with Crippen molar-refractivity contribution in [1.29, 1.82) is 0 Å². The highest BCUT2D eigenvalue weighted by atomic mass is 16.5. The Balaban J connectivity index is 1.34. The Morgan fingerprint density at radius 2 is 1.16 bits per heavy atom. The van der Waals surface area contributed by atoms with Crippen LogP contribution in [0.2, 0.25) is 0 Å². The molecule has 3 aromatic heterocycles. The van der Waals surface area contributed by atoms with Crippen molar-refractivity contribution >= 4 is 12.3 Å². The third-order valence-corrected chi connectivity index (χ3v) is 9.77. The minimum absolute atomic E-state index is 0.386. The standard InChI is InChI=1S/C52H40N4O/c1-3-13-44(33-53-2)38-16-7-19-41(28-38)47-31-48(42-20-8-17-39(29-42)45-22-11-26-54-34-45)52(57-36-37-14-5-4-6-15-37)49(32-47)51-25-10-24-50(56-51)43-21-9-18-40(30-43)46-23-12-27-55-35-46/h3-35H,2,36H2,1H3/b13-3-,44-33+. The Morgan fingerprint density at radius 3 is 1.84 bits per heavy atom. The van der Waals surface area contributed by atoms with E-state index in [1.807, 2.05) is 61.8 Å². The van der Waals surface area contributed by atoms with E-state index in [4.69, 9.17) is 9.72 Å². The summed E-state index contributed by atoms with van der Waals surface area (Å²) in [6.07, 6.45) is 13.2. The van der Waals surface area contributed by atoms with E-state index in [2.05, 4.69) is 149 Å². The van der Waals surface area contributed by atoms with Gasteiger partial charge in [0.15, 0.2) is 0 Å². The first kappa shape index (κ1) is 36.5. The van der Waals surface area contributed by atoms with Crippen LogP contribution in [-0.4, -0.2) is 21.7 Å². The van der Waals surface area contributed by atoms with Crippen molar-refractivity contribution in [3.63, 3.8) is 0 Å². The number of nitrogens with zero attached hydrogens (tertiary/aromatic N) is 4. The van der Waals surface area contributed by atoms with Gasteiger partial charge in [-0.3, -0.25) is 15.0 Å². The lowest BCUT2D eigenvalue weighted by Crippen LogP contribution is -2.01. The topological polar surface area (TPSA) is 60.3 Å². The number of aromatic nitrogens is 3. The van der Waals surface area contributed by atoms with Crippen molar-refractivity contribution in [2.24, 2.45) is 4.99 Å². The van der Waals surface area contributed by atoms with Crippen molar-refractivity contribution < 1.29 is 4.74 Å². The van der Waals surface area contributed by atoms with Crippen LogP contribution in [0, 0.1) is 0 Å². The van der Waals surface area contributed by atoms with Gasteiger partial charge in [-0.25, -0.2) is 4.98 Å². The molecule has 0 unspecified atom stereocenters. The van der Waals surface area contributed by atoms with E-state index in [-0.39, 0.29) is 0 Å². The summed E-state index contributed by atoms with van der Waals surface area (Å²) in [6, 6.07) is 54.5. The minimum atomic E-state index is 0.386. The van der Waals surface area contributed by atoms with E-state index in [1.165, 1.54) is 0 Å². The third-order valence-electron chi connectivity index (χ3n) is 9.77. The summed E-state index contributed by atoms with van der Waals surface area (Å²) in [5, 5.41) is 0. The van der Waals surface area contributed by atoms with Crippen LogP contribution in [0.1, 0.15) is 18.1 Å². The number of benzene rings is 5. The van der Waals surface area contributed by atoms with E-state index in [0.717, 1.165) is 89.5 Å². The molecule has 0 fully saturated rings. The van der Waals surface area contributed by atoms with E-state index in [0.29, 0.717) is 6.61 Å². The van der Waals surface area contributed by atoms with E-state index >= 15 is 0 Å². The Labute approximate surface area is 334 Å². The highest BCUT2D eigenvalue weighted by Crippen LogP contribution is 2.44. The lowest BCUT2D eigenvalue weighted by molar-refractivity contribution is 0.309. The molecule has 274 valence electrons. The molecule has 0 N–H and O–H groups in total. The van der Waals surface area contributed by atoms with Crippen LogP contribution in [-0.2, 0) is 6.61 Å². The monoisotopic (exact) mass is 736 g/mol. The summed E-state index contributed by atoms with van der Waals surface area (Å²) in [6.45, 7) is 6.11. The third kappa shape index (κ3) is 8.44. The van der Waals surface area contributed by atoms with Crippen LogP contribution in [0.5, 0.6) is 5.75 Å². The largest absolute Gasteiger partial charge is 0.488 e. The molecule has 8 aromatic rings. The maximum atomic E-state index is 6.95. The maximum absolute atomic E-state index is 6.95. The lowest BCUT2D eigenvalue weighted by Gasteiger charge is -2.20. The molecular weight excluding hydrogens is 697 g/mol. The zero-order chi connectivity index (χ0) is 38.8. The number of allylic oxidation sites excluding steroid dienone is 3. The molecule has 0 spiro atoms. The first-order valence-electron chi connectivity index (χ1n) is 18.9. The van der Waals surface area contributed by atoms with Crippen molar-refractivity contribution in [2.45, 2.75) is 13.5 Å². The van der Waals surface area contributed by atoms with Crippen LogP contribution >= 0.6 is 0 Å². The van der Waals surface area contributed by atoms with Crippen LogP contribution in [0.4, 0.5) is 0 Å². The molecule has 5 nitrogen and oxygen atoms in total. The Bertz CT molecular complexity index is 2700. The zero-order valence-electron chi connectivity index (χ0n) is 31.7. The van der Waals surface area contributed by atoms with Gasteiger partial charge in [0, 0.05) is 58.8 Å². The highest BCUT2D eigenvalue weighted by molar-refractivity contribution is 5.90. The van der Waals surface area contributed by atoms with Gasteiger partial charge in [0.2, 0.25) is 0 Å². The number of aliphatic imine (C=N–C) groups is 1. The molecule has 0 bridgehead atoms. The molecular formula is C52H40N4O. The van der Waals surface area contributed by atoms with Crippen molar-refractivity contribution in [3.05, 3.63) is 212 Å². The normalized spacial score (nSPS) is 11.4. The Morgan fingerprint density at radius 1 is 0.561 bits per heavy atom. The molecule has 5 heteroatoms. The summed E-state index contributed by atoms with van der Waals surface area (Å²) >= 11 is 0. The van der Waals surface area contributed by atoms with Crippen molar-refractivity contribution in [2.75, 3.05) is 0 Å². The molecule has 57 heavy (non-hydrogen) atoms. The van der Waals surface area contributed by atoms with Crippen LogP contribution in [0.25, 0.3) is 72.6 Å².